The molecule has 1 atom stereocenters. The van der Waals surface area contributed by atoms with Crippen molar-refractivity contribution in [2.24, 2.45) is 5.92 Å². The average molecular weight is 312 g/mol. The van der Waals surface area contributed by atoms with Crippen LogP contribution in [0.4, 0.5) is 0 Å². The third-order valence-corrected chi connectivity index (χ3v) is 4.71. The van der Waals surface area contributed by atoms with E-state index in [0.717, 1.165) is 17.9 Å². The van der Waals surface area contributed by atoms with Gasteiger partial charge in [-0.25, -0.2) is 15.0 Å². The smallest absolute Gasteiger partial charge is 0.150 e. The van der Waals surface area contributed by atoms with Gasteiger partial charge in [-0.15, -0.1) is 11.3 Å². The molecule has 0 aromatic carbocycles. The predicted molar refractivity (Wildman–Crippen MR) is 89.9 cm³/mol. The second-order valence-corrected chi connectivity index (χ2v) is 7.00. The van der Waals surface area contributed by atoms with Gasteiger partial charge < -0.3 is 4.57 Å². The summed E-state index contributed by atoms with van der Waals surface area (Å²) < 4.78 is 2.17. The molecule has 0 radical (unpaired) electrons. The predicted octanol–water partition coefficient (Wildman–Crippen LogP) is 4.21. The van der Waals surface area contributed by atoms with Crippen LogP contribution in [0.1, 0.15) is 37.4 Å². The Kier molecular flexibility index (Phi) is 4.34. The van der Waals surface area contributed by atoms with Crippen molar-refractivity contribution in [1.82, 2.24) is 19.5 Å². The van der Waals surface area contributed by atoms with E-state index in [4.69, 9.17) is 0 Å². The molecule has 22 heavy (non-hydrogen) atoms. The molecule has 3 rings (SSSR count). The van der Waals surface area contributed by atoms with Crippen LogP contribution in [0.5, 0.6) is 0 Å². The van der Waals surface area contributed by atoms with Gasteiger partial charge in [-0.2, -0.15) is 0 Å². The molecule has 0 N–H and O–H groups in total. The second-order valence-electron chi connectivity index (χ2n) is 5.83. The molecular formula is C17H20N4S. The lowest BCUT2D eigenvalue weighted by Crippen LogP contribution is -2.08. The molecule has 5 heteroatoms. The molecule has 3 aromatic rings. The molecule has 0 aliphatic heterocycles. The number of hydrogen-bond acceptors (Lipinski definition) is 4. The van der Waals surface area contributed by atoms with E-state index < -0.39 is 0 Å². The zero-order chi connectivity index (χ0) is 15.5. The number of aromatic nitrogens is 4. The van der Waals surface area contributed by atoms with Gasteiger partial charge in [-0.05, 0) is 37.5 Å². The molecule has 3 heterocycles. The van der Waals surface area contributed by atoms with Gasteiger partial charge in [0, 0.05) is 23.5 Å². The molecule has 4 nitrogen and oxygen atoms in total. The lowest BCUT2D eigenvalue weighted by molar-refractivity contribution is 0.625. The minimum Gasteiger partial charge on any atom is -0.322 e. The maximum atomic E-state index is 4.56. The molecule has 0 aliphatic rings. The Morgan fingerprint density at radius 3 is 2.68 bits per heavy atom. The van der Waals surface area contributed by atoms with Crippen molar-refractivity contribution in [3.63, 3.8) is 0 Å². The first-order valence-electron chi connectivity index (χ1n) is 7.53. The lowest BCUT2D eigenvalue weighted by atomic mass is 10.1. The molecule has 0 amide bonds. The Hall–Kier alpha value is -2.01. The molecule has 0 fully saturated rings. The monoisotopic (exact) mass is 312 g/mol. The largest absolute Gasteiger partial charge is 0.322 e. The van der Waals surface area contributed by atoms with Gasteiger partial charge in [0.2, 0.25) is 0 Å². The highest BCUT2D eigenvalue weighted by atomic mass is 32.1. The molecule has 3 aromatic heterocycles. The van der Waals surface area contributed by atoms with Crippen LogP contribution < -0.4 is 0 Å². The van der Waals surface area contributed by atoms with Crippen molar-refractivity contribution in [1.29, 1.82) is 0 Å². The highest BCUT2D eigenvalue weighted by molar-refractivity contribution is 7.15. The summed E-state index contributed by atoms with van der Waals surface area (Å²) in [4.78, 5) is 15.5. The summed E-state index contributed by atoms with van der Waals surface area (Å²) in [5, 5.41) is 0. The van der Waals surface area contributed by atoms with Crippen LogP contribution in [0.2, 0.25) is 0 Å². The summed E-state index contributed by atoms with van der Waals surface area (Å²) in [6.45, 7) is 6.63. The average Bonchev–Trinajstić information content (AvgIpc) is 3.15. The Balaban J connectivity index is 1.90. The van der Waals surface area contributed by atoms with Gasteiger partial charge in [0.05, 0.1) is 16.6 Å². The maximum Gasteiger partial charge on any atom is 0.150 e. The van der Waals surface area contributed by atoms with Gasteiger partial charge in [-0.3, -0.25) is 0 Å². The number of rotatable bonds is 5. The van der Waals surface area contributed by atoms with Crippen molar-refractivity contribution in [2.45, 2.75) is 33.2 Å². The third-order valence-electron chi connectivity index (χ3n) is 3.61. The highest BCUT2D eigenvalue weighted by Crippen LogP contribution is 2.31. The van der Waals surface area contributed by atoms with E-state index in [1.165, 1.54) is 9.75 Å². The van der Waals surface area contributed by atoms with E-state index in [0.29, 0.717) is 5.92 Å². The van der Waals surface area contributed by atoms with E-state index in [9.17, 15) is 0 Å². The summed E-state index contributed by atoms with van der Waals surface area (Å²) in [7, 11) is 0. The summed E-state index contributed by atoms with van der Waals surface area (Å²) in [5.41, 5.74) is 0.994. The van der Waals surface area contributed by atoms with Gasteiger partial charge in [0.1, 0.15) is 6.33 Å². The molecule has 0 saturated carbocycles. The fourth-order valence-electron chi connectivity index (χ4n) is 2.52. The first kappa shape index (κ1) is 14.9. The summed E-state index contributed by atoms with van der Waals surface area (Å²) in [5.74, 6) is 1.68. The maximum absolute atomic E-state index is 4.56. The normalized spacial score (nSPS) is 12.7. The SMILES string of the molecule is CC(C)Cc1ccc(-c2nccn2[C@H](C)c2ccncn2)s1. The van der Waals surface area contributed by atoms with Crippen LogP contribution in [0.25, 0.3) is 10.7 Å². The first-order valence-corrected chi connectivity index (χ1v) is 8.34. The van der Waals surface area contributed by atoms with Gasteiger partial charge >= 0.3 is 0 Å². The molecule has 0 saturated heterocycles. The van der Waals surface area contributed by atoms with E-state index >= 15 is 0 Å². The molecule has 114 valence electrons. The summed E-state index contributed by atoms with van der Waals surface area (Å²) in [6, 6.07) is 6.48. The van der Waals surface area contributed by atoms with Gasteiger partial charge in [0.15, 0.2) is 5.82 Å². The van der Waals surface area contributed by atoms with Crippen LogP contribution in [-0.4, -0.2) is 19.5 Å². The van der Waals surface area contributed by atoms with E-state index in [1.807, 2.05) is 29.8 Å². The number of thiophene rings is 1. The summed E-state index contributed by atoms with van der Waals surface area (Å²) >= 11 is 1.83. The lowest BCUT2D eigenvalue weighted by Gasteiger charge is -2.15. The minimum atomic E-state index is 0.135. The first-order chi connectivity index (χ1) is 10.6. The second kappa shape index (κ2) is 6.40. The van der Waals surface area contributed by atoms with Crippen molar-refractivity contribution in [2.75, 3.05) is 0 Å². The van der Waals surface area contributed by atoms with Gasteiger partial charge in [-0.1, -0.05) is 13.8 Å². The van der Waals surface area contributed by atoms with Crippen LogP contribution >= 0.6 is 11.3 Å². The summed E-state index contributed by atoms with van der Waals surface area (Å²) in [6.07, 6.45) is 8.36. The van der Waals surface area contributed by atoms with Crippen LogP contribution in [0.3, 0.4) is 0 Å². The van der Waals surface area contributed by atoms with Crippen molar-refractivity contribution >= 4 is 11.3 Å². The van der Waals surface area contributed by atoms with Crippen LogP contribution in [0, 0.1) is 5.92 Å². The van der Waals surface area contributed by atoms with Crippen molar-refractivity contribution in [3.05, 3.63) is 53.7 Å². The quantitative estimate of drug-likeness (QED) is 0.709. The zero-order valence-electron chi connectivity index (χ0n) is 13.1. The van der Waals surface area contributed by atoms with E-state index in [2.05, 4.69) is 52.4 Å². The van der Waals surface area contributed by atoms with Gasteiger partial charge in [0.25, 0.3) is 0 Å². The van der Waals surface area contributed by atoms with Crippen molar-refractivity contribution in [3.8, 4) is 10.7 Å². The third kappa shape index (κ3) is 3.09. The standard InChI is InChI=1S/C17H20N4S/c1-12(2)10-14-4-5-16(22-14)17-19-8-9-21(17)13(3)15-6-7-18-11-20-15/h4-9,11-13H,10H2,1-3H3/t13-/m1/s1. The molecule has 0 aliphatic carbocycles. The Morgan fingerprint density at radius 1 is 1.09 bits per heavy atom. The van der Waals surface area contributed by atoms with Crippen molar-refractivity contribution < 1.29 is 0 Å². The highest BCUT2D eigenvalue weighted by Gasteiger charge is 2.16. The molecule has 0 bridgehead atoms. The molecular weight excluding hydrogens is 292 g/mol. The molecule has 0 unspecified atom stereocenters. The fourth-order valence-corrected chi connectivity index (χ4v) is 3.74. The Bertz CT molecular complexity index is 730. The van der Waals surface area contributed by atoms with E-state index in [1.54, 1.807) is 12.5 Å². The Labute approximate surface area is 134 Å². The number of imidazole rings is 1. The number of nitrogens with zero attached hydrogens (tertiary/aromatic N) is 4. The van der Waals surface area contributed by atoms with Crippen LogP contribution in [-0.2, 0) is 6.42 Å². The molecule has 0 spiro atoms. The Morgan fingerprint density at radius 2 is 1.95 bits per heavy atom. The minimum absolute atomic E-state index is 0.135. The number of hydrogen-bond donors (Lipinski definition) is 0. The zero-order valence-corrected chi connectivity index (χ0v) is 13.9. The topological polar surface area (TPSA) is 43.6 Å². The van der Waals surface area contributed by atoms with E-state index in [-0.39, 0.29) is 6.04 Å². The fraction of sp³-hybridized carbons (Fsp3) is 0.353. The van der Waals surface area contributed by atoms with Crippen LogP contribution in [0.15, 0.2) is 43.1 Å².